The second-order valence-electron chi connectivity index (χ2n) is 6.56. The van der Waals surface area contributed by atoms with Gasteiger partial charge in [0.15, 0.2) is 5.58 Å². The number of hydrogen-bond donors (Lipinski definition) is 1. The Morgan fingerprint density at radius 1 is 1.23 bits per heavy atom. The molecule has 0 unspecified atom stereocenters. The molecule has 1 amide bonds. The Bertz CT molecular complexity index is 891. The molecule has 1 aliphatic heterocycles. The Labute approximate surface area is 157 Å². The van der Waals surface area contributed by atoms with Gasteiger partial charge in [0.05, 0.1) is 5.92 Å². The number of nitrogens with one attached hydrogen (secondary N) is 1. The van der Waals surface area contributed by atoms with Gasteiger partial charge in [0, 0.05) is 24.7 Å². The number of aromatic nitrogens is 1. The standard InChI is InChI=1S/C20H20ClN3O2/c21-16-8-2-1-6-14(16)12-22-19(25)15-7-5-11-24(13-15)20-23-17-9-3-4-10-18(17)26-20/h1-4,6,8-10,15H,5,7,11-13H2,(H,22,25)/t15-/m1/s1. The van der Waals surface area contributed by atoms with Crippen molar-refractivity contribution in [3.63, 3.8) is 0 Å². The molecule has 0 radical (unpaired) electrons. The van der Waals surface area contributed by atoms with Crippen LogP contribution in [0.4, 0.5) is 6.01 Å². The fraction of sp³-hybridized carbons (Fsp3) is 0.300. The molecule has 0 spiro atoms. The van der Waals surface area contributed by atoms with Crippen LogP contribution in [0.2, 0.25) is 5.02 Å². The summed E-state index contributed by atoms with van der Waals surface area (Å²) < 4.78 is 5.85. The number of carbonyl (C=O) groups excluding carboxylic acids is 1. The van der Waals surface area contributed by atoms with Crippen molar-refractivity contribution in [3.8, 4) is 0 Å². The summed E-state index contributed by atoms with van der Waals surface area (Å²) in [5, 5.41) is 3.68. The van der Waals surface area contributed by atoms with Crippen LogP contribution >= 0.6 is 11.6 Å². The first-order chi connectivity index (χ1) is 12.7. The number of oxazole rings is 1. The molecule has 0 saturated carbocycles. The zero-order chi connectivity index (χ0) is 17.9. The zero-order valence-corrected chi connectivity index (χ0v) is 15.1. The van der Waals surface area contributed by atoms with Crippen molar-refractivity contribution >= 4 is 34.6 Å². The van der Waals surface area contributed by atoms with Crippen molar-refractivity contribution in [2.24, 2.45) is 5.92 Å². The lowest BCUT2D eigenvalue weighted by Gasteiger charge is -2.30. The van der Waals surface area contributed by atoms with Crippen LogP contribution in [0.1, 0.15) is 18.4 Å². The minimum atomic E-state index is -0.0822. The second kappa shape index (κ2) is 7.38. The van der Waals surface area contributed by atoms with Gasteiger partial charge < -0.3 is 14.6 Å². The quantitative estimate of drug-likeness (QED) is 0.754. The number of para-hydroxylation sites is 2. The Hall–Kier alpha value is -2.53. The molecule has 2 heterocycles. The van der Waals surface area contributed by atoms with Gasteiger partial charge in [0.25, 0.3) is 6.01 Å². The Morgan fingerprint density at radius 2 is 2.04 bits per heavy atom. The van der Waals surface area contributed by atoms with Gasteiger partial charge >= 0.3 is 0 Å². The van der Waals surface area contributed by atoms with Crippen LogP contribution in [-0.4, -0.2) is 24.0 Å². The van der Waals surface area contributed by atoms with Crippen LogP contribution in [0.25, 0.3) is 11.1 Å². The smallest absolute Gasteiger partial charge is 0.298 e. The minimum absolute atomic E-state index is 0.0470. The highest BCUT2D eigenvalue weighted by Crippen LogP contribution is 2.26. The normalized spacial score (nSPS) is 17.4. The van der Waals surface area contributed by atoms with Crippen molar-refractivity contribution in [2.45, 2.75) is 19.4 Å². The van der Waals surface area contributed by atoms with Gasteiger partial charge in [-0.25, -0.2) is 0 Å². The van der Waals surface area contributed by atoms with E-state index in [4.69, 9.17) is 16.0 Å². The number of hydrogen-bond acceptors (Lipinski definition) is 4. The van der Waals surface area contributed by atoms with Crippen LogP contribution in [0, 0.1) is 5.92 Å². The summed E-state index contributed by atoms with van der Waals surface area (Å²) in [6.07, 6.45) is 1.80. The van der Waals surface area contributed by atoms with Gasteiger partial charge in [0.2, 0.25) is 5.91 Å². The number of fused-ring (bicyclic) bond motifs is 1. The Kier molecular flexibility index (Phi) is 4.80. The Balaban J connectivity index is 1.41. The topological polar surface area (TPSA) is 58.4 Å². The van der Waals surface area contributed by atoms with E-state index in [1.165, 1.54) is 0 Å². The van der Waals surface area contributed by atoms with Gasteiger partial charge in [-0.3, -0.25) is 4.79 Å². The fourth-order valence-electron chi connectivity index (χ4n) is 3.33. The van der Waals surface area contributed by atoms with Gasteiger partial charge in [-0.15, -0.1) is 0 Å². The summed E-state index contributed by atoms with van der Waals surface area (Å²) in [4.78, 5) is 19.2. The molecule has 0 bridgehead atoms. The van der Waals surface area contributed by atoms with Crippen LogP contribution in [-0.2, 0) is 11.3 Å². The molecule has 6 heteroatoms. The van der Waals surface area contributed by atoms with E-state index in [1.54, 1.807) is 0 Å². The van der Waals surface area contributed by atoms with E-state index in [1.807, 2.05) is 48.5 Å². The van der Waals surface area contributed by atoms with Crippen LogP contribution in [0.3, 0.4) is 0 Å². The maximum absolute atomic E-state index is 12.6. The maximum atomic E-state index is 12.6. The number of benzene rings is 2. The third-order valence-electron chi connectivity index (χ3n) is 4.76. The summed E-state index contributed by atoms with van der Waals surface area (Å²) in [6, 6.07) is 15.9. The monoisotopic (exact) mass is 369 g/mol. The Morgan fingerprint density at radius 3 is 2.88 bits per heavy atom. The highest BCUT2D eigenvalue weighted by atomic mass is 35.5. The van der Waals surface area contributed by atoms with E-state index in [0.717, 1.165) is 36.0 Å². The molecule has 1 aliphatic rings. The third kappa shape index (κ3) is 3.53. The first kappa shape index (κ1) is 16.9. The van der Waals surface area contributed by atoms with Gasteiger partial charge in [-0.2, -0.15) is 4.98 Å². The van der Waals surface area contributed by atoms with Crippen molar-refractivity contribution in [3.05, 3.63) is 59.1 Å². The predicted molar refractivity (Wildman–Crippen MR) is 102 cm³/mol. The van der Waals surface area contributed by atoms with E-state index in [2.05, 4.69) is 15.2 Å². The number of carbonyl (C=O) groups is 1. The average molecular weight is 370 g/mol. The molecule has 4 rings (SSSR count). The molecule has 1 saturated heterocycles. The van der Waals surface area contributed by atoms with E-state index < -0.39 is 0 Å². The van der Waals surface area contributed by atoms with Crippen molar-refractivity contribution in [1.29, 1.82) is 0 Å². The van der Waals surface area contributed by atoms with Crippen LogP contribution in [0.15, 0.2) is 52.9 Å². The first-order valence-electron chi connectivity index (χ1n) is 8.82. The first-order valence-corrected chi connectivity index (χ1v) is 9.20. The largest absolute Gasteiger partial charge is 0.423 e. The zero-order valence-electron chi connectivity index (χ0n) is 14.3. The number of halogens is 1. The summed E-state index contributed by atoms with van der Waals surface area (Å²) >= 11 is 6.16. The summed E-state index contributed by atoms with van der Waals surface area (Å²) in [7, 11) is 0. The van der Waals surface area contributed by atoms with Gasteiger partial charge in [0.1, 0.15) is 5.52 Å². The van der Waals surface area contributed by atoms with Gasteiger partial charge in [-0.1, -0.05) is 41.9 Å². The lowest BCUT2D eigenvalue weighted by Crippen LogP contribution is -2.43. The molecule has 2 aromatic carbocycles. The minimum Gasteiger partial charge on any atom is -0.423 e. The SMILES string of the molecule is O=C(NCc1ccccc1Cl)[C@@H]1CCCN(c2nc3ccccc3o2)C1. The molecular weight excluding hydrogens is 350 g/mol. The average Bonchev–Trinajstić information content (AvgIpc) is 3.11. The molecule has 134 valence electrons. The van der Waals surface area contributed by atoms with Crippen LogP contribution < -0.4 is 10.2 Å². The molecule has 5 nitrogen and oxygen atoms in total. The van der Waals surface area contributed by atoms with E-state index in [9.17, 15) is 4.79 Å². The van der Waals surface area contributed by atoms with Crippen molar-refractivity contribution < 1.29 is 9.21 Å². The van der Waals surface area contributed by atoms with Crippen molar-refractivity contribution in [2.75, 3.05) is 18.0 Å². The number of piperidine rings is 1. The highest BCUT2D eigenvalue weighted by molar-refractivity contribution is 6.31. The molecule has 26 heavy (non-hydrogen) atoms. The maximum Gasteiger partial charge on any atom is 0.298 e. The molecule has 3 aromatic rings. The van der Waals surface area contributed by atoms with Crippen LogP contribution in [0.5, 0.6) is 0 Å². The van der Waals surface area contributed by atoms with Gasteiger partial charge in [-0.05, 0) is 36.6 Å². The number of nitrogens with zero attached hydrogens (tertiary/aromatic N) is 2. The number of anilines is 1. The molecule has 1 aromatic heterocycles. The fourth-order valence-corrected chi connectivity index (χ4v) is 3.53. The highest BCUT2D eigenvalue weighted by Gasteiger charge is 2.28. The predicted octanol–water partition coefficient (Wildman–Crippen LogP) is 4.01. The van der Waals surface area contributed by atoms with Crippen molar-refractivity contribution in [1.82, 2.24) is 10.3 Å². The van der Waals surface area contributed by atoms with E-state index in [-0.39, 0.29) is 11.8 Å². The lowest BCUT2D eigenvalue weighted by molar-refractivity contribution is -0.125. The second-order valence-corrected chi connectivity index (χ2v) is 6.97. The number of rotatable bonds is 4. The summed E-state index contributed by atoms with van der Waals surface area (Å²) in [5.74, 6) is -0.0352. The molecule has 1 N–H and O–H groups in total. The third-order valence-corrected chi connectivity index (χ3v) is 5.12. The molecular formula is C20H20ClN3O2. The summed E-state index contributed by atoms with van der Waals surface area (Å²) in [6.45, 7) is 1.90. The van der Waals surface area contributed by atoms with E-state index in [0.29, 0.717) is 24.1 Å². The molecule has 0 aliphatic carbocycles. The lowest BCUT2D eigenvalue weighted by atomic mass is 9.97. The van der Waals surface area contributed by atoms with E-state index >= 15 is 0 Å². The number of amides is 1. The molecule has 1 fully saturated rings. The molecule has 1 atom stereocenters. The summed E-state index contributed by atoms with van der Waals surface area (Å²) in [5.41, 5.74) is 2.54.